The fourth-order valence-electron chi connectivity index (χ4n) is 1.32. The summed E-state index contributed by atoms with van der Waals surface area (Å²) in [4.78, 5) is 11.9. The van der Waals surface area contributed by atoms with E-state index in [0.717, 1.165) is 4.47 Å². The first-order valence-corrected chi connectivity index (χ1v) is 6.66. The summed E-state index contributed by atoms with van der Waals surface area (Å²) in [5.74, 6) is 0.602. The molecule has 1 heterocycles. The van der Waals surface area contributed by atoms with E-state index in [9.17, 15) is 4.79 Å². The highest BCUT2D eigenvalue weighted by Gasteiger charge is 2.06. The highest BCUT2D eigenvalue weighted by molar-refractivity contribution is 9.10. The number of benzene rings is 1. The Morgan fingerprint density at radius 2 is 2.33 bits per heavy atom. The maximum atomic E-state index is 11.9. The molecule has 0 radical (unpaired) electrons. The van der Waals surface area contributed by atoms with Gasteiger partial charge in [0.05, 0.1) is 17.3 Å². The molecule has 18 heavy (non-hydrogen) atoms. The van der Waals surface area contributed by atoms with E-state index >= 15 is 0 Å². The molecule has 0 saturated carbocycles. The van der Waals surface area contributed by atoms with E-state index in [0.29, 0.717) is 17.0 Å². The fraction of sp³-hybridized carbons (Fsp3) is 0.0833. The van der Waals surface area contributed by atoms with E-state index in [1.807, 2.05) is 0 Å². The Kier molecular flexibility index (Phi) is 4.22. The van der Waals surface area contributed by atoms with Gasteiger partial charge in [-0.3, -0.25) is 4.79 Å². The lowest BCUT2D eigenvalue weighted by Gasteiger charge is -2.03. The monoisotopic (exact) mass is 324 g/mol. The molecule has 1 aromatic heterocycles. The summed E-state index contributed by atoms with van der Waals surface area (Å²) in [6.45, 7) is 0. The molecule has 0 saturated heterocycles. The number of methoxy groups -OCH3 is 1. The second-order valence-corrected chi connectivity index (χ2v) is 4.84. The lowest BCUT2D eigenvalue weighted by Crippen LogP contribution is -1.95. The summed E-state index contributed by atoms with van der Waals surface area (Å²) in [5, 5.41) is 5.60. The van der Waals surface area contributed by atoms with E-state index in [2.05, 4.69) is 25.5 Å². The SMILES string of the molecule is COc1ccc(C(=O)C=Cc2csnn2)cc1Br. The lowest BCUT2D eigenvalue weighted by atomic mass is 10.1. The number of aromatic nitrogens is 2. The normalized spacial score (nSPS) is 10.8. The van der Waals surface area contributed by atoms with Gasteiger partial charge in [0, 0.05) is 10.9 Å². The van der Waals surface area contributed by atoms with Gasteiger partial charge in [-0.2, -0.15) is 0 Å². The van der Waals surface area contributed by atoms with E-state index < -0.39 is 0 Å². The van der Waals surface area contributed by atoms with E-state index in [1.165, 1.54) is 17.6 Å². The Bertz CT molecular complexity index is 582. The van der Waals surface area contributed by atoms with Crippen molar-refractivity contribution >= 4 is 39.3 Å². The molecular formula is C12H9BrN2O2S. The average molecular weight is 325 g/mol. The minimum Gasteiger partial charge on any atom is -0.496 e. The van der Waals surface area contributed by atoms with Crippen LogP contribution in [0.15, 0.2) is 34.1 Å². The van der Waals surface area contributed by atoms with Crippen LogP contribution in [0.4, 0.5) is 0 Å². The second kappa shape index (κ2) is 5.88. The zero-order valence-corrected chi connectivity index (χ0v) is 11.9. The van der Waals surface area contributed by atoms with Crippen molar-refractivity contribution in [3.05, 3.63) is 45.4 Å². The number of nitrogens with zero attached hydrogens (tertiary/aromatic N) is 2. The van der Waals surface area contributed by atoms with Gasteiger partial charge in [-0.15, -0.1) is 5.10 Å². The standard InChI is InChI=1S/C12H9BrN2O2S/c1-17-12-5-2-8(6-10(12)13)11(16)4-3-9-7-18-15-14-9/h2-7H,1H3. The summed E-state index contributed by atoms with van der Waals surface area (Å²) < 4.78 is 9.57. The summed E-state index contributed by atoms with van der Waals surface area (Å²) >= 11 is 4.59. The molecule has 6 heteroatoms. The molecule has 0 atom stereocenters. The first-order valence-electron chi connectivity index (χ1n) is 5.03. The van der Waals surface area contributed by atoms with Gasteiger partial charge in [-0.25, -0.2) is 0 Å². The smallest absolute Gasteiger partial charge is 0.185 e. The van der Waals surface area contributed by atoms with Crippen molar-refractivity contribution in [2.24, 2.45) is 0 Å². The Morgan fingerprint density at radius 3 is 2.94 bits per heavy atom. The van der Waals surface area contributed by atoms with Crippen LogP contribution in [0.2, 0.25) is 0 Å². The van der Waals surface area contributed by atoms with Crippen LogP contribution < -0.4 is 4.74 Å². The summed E-state index contributed by atoms with van der Waals surface area (Å²) in [6, 6.07) is 5.19. The van der Waals surface area contributed by atoms with Crippen molar-refractivity contribution in [2.45, 2.75) is 0 Å². The number of rotatable bonds is 4. The number of carbonyl (C=O) groups is 1. The lowest BCUT2D eigenvalue weighted by molar-refractivity contribution is 0.104. The number of halogens is 1. The van der Waals surface area contributed by atoms with Gasteiger partial charge in [0.15, 0.2) is 5.78 Å². The van der Waals surface area contributed by atoms with Gasteiger partial charge in [0.25, 0.3) is 0 Å². The molecule has 0 bridgehead atoms. The van der Waals surface area contributed by atoms with E-state index in [4.69, 9.17) is 4.74 Å². The summed E-state index contributed by atoms with van der Waals surface area (Å²) in [5.41, 5.74) is 1.27. The molecule has 0 fully saturated rings. The van der Waals surface area contributed by atoms with Gasteiger partial charge in [0.1, 0.15) is 5.75 Å². The highest BCUT2D eigenvalue weighted by Crippen LogP contribution is 2.25. The predicted molar refractivity (Wildman–Crippen MR) is 74.0 cm³/mol. The maximum absolute atomic E-state index is 11.9. The van der Waals surface area contributed by atoms with Crippen LogP contribution in [0.25, 0.3) is 6.08 Å². The second-order valence-electron chi connectivity index (χ2n) is 3.38. The van der Waals surface area contributed by atoms with Crippen molar-refractivity contribution in [3.63, 3.8) is 0 Å². The zero-order chi connectivity index (χ0) is 13.0. The van der Waals surface area contributed by atoms with Gasteiger partial charge in [-0.1, -0.05) is 4.49 Å². The van der Waals surface area contributed by atoms with Gasteiger partial charge in [-0.05, 0) is 57.8 Å². The third kappa shape index (κ3) is 3.02. The van der Waals surface area contributed by atoms with Crippen LogP contribution in [-0.4, -0.2) is 22.5 Å². The van der Waals surface area contributed by atoms with Crippen LogP contribution in [0.3, 0.4) is 0 Å². The number of ether oxygens (including phenoxy) is 1. The molecule has 4 nitrogen and oxygen atoms in total. The zero-order valence-electron chi connectivity index (χ0n) is 9.46. The first kappa shape index (κ1) is 12.9. The van der Waals surface area contributed by atoms with Gasteiger partial charge >= 0.3 is 0 Å². The van der Waals surface area contributed by atoms with Crippen molar-refractivity contribution in [3.8, 4) is 5.75 Å². The van der Waals surface area contributed by atoms with Crippen LogP contribution in [0, 0.1) is 0 Å². The van der Waals surface area contributed by atoms with E-state index in [-0.39, 0.29) is 5.78 Å². The number of carbonyl (C=O) groups excluding carboxylic acids is 1. The molecule has 0 aliphatic rings. The predicted octanol–water partition coefficient (Wildman–Crippen LogP) is 3.21. The molecule has 0 amide bonds. The molecular weight excluding hydrogens is 316 g/mol. The largest absolute Gasteiger partial charge is 0.496 e. The molecule has 0 aliphatic carbocycles. The topological polar surface area (TPSA) is 52.1 Å². The van der Waals surface area contributed by atoms with E-state index in [1.54, 1.807) is 36.8 Å². The van der Waals surface area contributed by atoms with Gasteiger partial charge in [0.2, 0.25) is 0 Å². The maximum Gasteiger partial charge on any atom is 0.185 e. The molecule has 0 spiro atoms. The Hall–Kier alpha value is -1.53. The third-order valence-electron chi connectivity index (χ3n) is 2.22. The fourth-order valence-corrected chi connectivity index (χ4v) is 2.28. The molecule has 0 aliphatic heterocycles. The Labute approximate surface area is 117 Å². The number of ketones is 1. The molecule has 0 unspecified atom stereocenters. The molecule has 2 aromatic rings. The Balaban J connectivity index is 2.16. The minimum absolute atomic E-state index is 0.0913. The molecule has 0 N–H and O–H groups in total. The van der Waals surface area contributed by atoms with Crippen molar-refractivity contribution in [1.29, 1.82) is 0 Å². The summed E-state index contributed by atoms with van der Waals surface area (Å²) in [7, 11) is 1.58. The minimum atomic E-state index is -0.0913. The highest BCUT2D eigenvalue weighted by atomic mass is 79.9. The Morgan fingerprint density at radius 1 is 1.50 bits per heavy atom. The molecule has 1 aromatic carbocycles. The van der Waals surface area contributed by atoms with Crippen molar-refractivity contribution < 1.29 is 9.53 Å². The number of hydrogen-bond acceptors (Lipinski definition) is 5. The average Bonchev–Trinajstić information content (AvgIpc) is 2.89. The molecule has 92 valence electrons. The van der Waals surface area contributed by atoms with Crippen LogP contribution in [-0.2, 0) is 0 Å². The quantitative estimate of drug-likeness (QED) is 0.640. The third-order valence-corrected chi connectivity index (χ3v) is 3.36. The van der Waals surface area contributed by atoms with Crippen LogP contribution in [0.1, 0.15) is 16.1 Å². The summed E-state index contributed by atoms with van der Waals surface area (Å²) in [6.07, 6.45) is 3.12. The number of hydrogen-bond donors (Lipinski definition) is 0. The van der Waals surface area contributed by atoms with Gasteiger partial charge < -0.3 is 4.74 Å². The van der Waals surface area contributed by atoms with Crippen LogP contribution in [0.5, 0.6) is 5.75 Å². The number of allylic oxidation sites excluding steroid dienone is 1. The van der Waals surface area contributed by atoms with Crippen LogP contribution >= 0.6 is 27.5 Å². The molecule has 2 rings (SSSR count). The van der Waals surface area contributed by atoms with Crippen molar-refractivity contribution in [1.82, 2.24) is 9.59 Å². The first-order chi connectivity index (χ1) is 8.70. The van der Waals surface area contributed by atoms with Crippen molar-refractivity contribution in [2.75, 3.05) is 7.11 Å².